The van der Waals surface area contributed by atoms with E-state index in [-0.39, 0.29) is 0 Å². The monoisotopic (exact) mass is 332 g/mol. The van der Waals surface area contributed by atoms with Crippen LogP contribution in [0.15, 0.2) is 42.5 Å². The highest BCUT2D eigenvalue weighted by molar-refractivity contribution is 7.96. The summed E-state index contributed by atoms with van der Waals surface area (Å²) < 4.78 is 10.7. The zero-order valence-electron chi connectivity index (χ0n) is 13.0. The summed E-state index contributed by atoms with van der Waals surface area (Å²) in [6.07, 6.45) is 0. The van der Waals surface area contributed by atoms with E-state index in [1.165, 1.54) is 0 Å². The molecule has 0 aliphatic carbocycles. The summed E-state index contributed by atoms with van der Waals surface area (Å²) >= 11 is 9.32. The van der Waals surface area contributed by atoms with Crippen molar-refractivity contribution in [2.24, 2.45) is 0 Å². The van der Waals surface area contributed by atoms with Gasteiger partial charge in [0.05, 0.1) is 13.7 Å². The number of thiol groups is 2. The minimum absolute atomic E-state index is 0.639. The van der Waals surface area contributed by atoms with Crippen LogP contribution >= 0.6 is 25.3 Å². The van der Waals surface area contributed by atoms with Gasteiger partial charge in [-0.3, -0.25) is 0 Å². The van der Waals surface area contributed by atoms with Gasteiger partial charge in [0.25, 0.3) is 0 Å². The molecule has 2 aromatic rings. The van der Waals surface area contributed by atoms with Gasteiger partial charge in [0.15, 0.2) is 0 Å². The van der Waals surface area contributed by atoms with Crippen molar-refractivity contribution in [2.75, 3.05) is 13.7 Å². The van der Waals surface area contributed by atoms with Crippen LogP contribution < -0.4 is 9.47 Å². The van der Waals surface area contributed by atoms with E-state index in [1.54, 1.807) is 7.11 Å². The van der Waals surface area contributed by atoms with Crippen molar-refractivity contribution in [1.29, 1.82) is 0 Å². The highest BCUT2D eigenvalue weighted by Crippen LogP contribution is 2.35. The van der Waals surface area contributed by atoms with Gasteiger partial charge in [-0.05, 0) is 54.8 Å². The van der Waals surface area contributed by atoms with Gasteiger partial charge in [-0.2, -0.15) is 0 Å². The summed E-state index contributed by atoms with van der Waals surface area (Å²) in [7, 11) is 1.65. The quantitative estimate of drug-likeness (QED) is 0.587. The molecule has 0 unspecified atom stereocenters. The Morgan fingerprint density at radius 2 is 1.59 bits per heavy atom. The number of benzene rings is 2. The molecule has 0 N–H and O–H groups in total. The molecule has 116 valence electrons. The van der Waals surface area contributed by atoms with Crippen molar-refractivity contribution in [1.82, 2.24) is 0 Å². The van der Waals surface area contributed by atoms with Gasteiger partial charge < -0.3 is 9.47 Å². The fourth-order valence-corrected chi connectivity index (χ4v) is 2.77. The number of rotatable bonds is 5. The molecule has 0 aliphatic rings. The Bertz CT molecular complexity index is 676. The van der Waals surface area contributed by atoms with Gasteiger partial charge in [-0.25, -0.2) is 0 Å². The zero-order chi connectivity index (χ0) is 16.1. The number of ether oxygens (including phenoxy) is 2. The topological polar surface area (TPSA) is 18.5 Å². The standard InChI is InChI=1S/C18H20O2S2/c1-4-20-15-8-5-12(2)16(11-15)18(22)17(21)13-6-9-14(19-3)10-7-13/h5-11,21-22H,4H2,1-3H3. The van der Waals surface area contributed by atoms with E-state index in [0.717, 1.165) is 38.0 Å². The summed E-state index contributed by atoms with van der Waals surface area (Å²) in [5.74, 6) is 1.66. The van der Waals surface area contributed by atoms with Crippen LogP contribution in [0.2, 0.25) is 0 Å². The minimum Gasteiger partial charge on any atom is -0.497 e. The Balaban J connectivity index is 2.42. The van der Waals surface area contributed by atoms with E-state index in [2.05, 4.69) is 32.2 Å². The predicted octanol–water partition coefficient (Wildman–Crippen LogP) is 5.09. The lowest BCUT2D eigenvalue weighted by Crippen LogP contribution is -1.94. The molecule has 0 saturated heterocycles. The first-order valence-electron chi connectivity index (χ1n) is 7.07. The van der Waals surface area contributed by atoms with Gasteiger partial charge in [-0.15, -0.1) is 25.3 Å². The van der Waals surface area contributed by atoms with Crippen molar-refractivity contribution >= 4 is 35.1 Å². The van der Waals surface area contributed by atoms with Crippen LogP contribution in [0.5, 0.6) is 11.5 Å². The first-order chi connectivity index (χ1) is 10.6. The van der Waals surface area contributed by atoms with Crippen molar-refractivity contribution in [3.8, 4) is 11.5 Å². The second kappa shape index (κ2) is 7.65. The molecule has 4 heteroatoms. The number of methoxy groups -OCH3 is 1. The molecule has 0 bridgehead atoms. The third kappa shape index (κ3) is 3.81. The minimum atomic E-state index is 0.639. The number of hydrogen-bond donors (Lipinski definition) is 2. The van der Waals surface area contributed by atoms with Crippen LogP contribution in [0.3, 0.4) is 0 Å². The Morgan fingerprint density at radius 3 is 2.18 bits per heavy atom. The molecule has 2 nitrogen and oxygen atoms in total. The van der Waals surface area contributed by atoms with Crippen LogP contribution in [0.1, 0.15) is 23.6 Å². The molecule has 0 atom stereocenters. The molecular weight excluding hydrogens is 312 g/mol. The molecule has 2 rings (SSSR count). The molecule has 0 heterocycles. The van der Waals surface area contributed by atoms with Crippen LogP contribution in [0.25, 0.3) is 9.81 Å². The molecular formula is C18H20O2S2. The maximum absolute atomic E-state index is 5.57. The van der Waals surface area contributed by atoms with Crippen LogP contribution in [0.4, 0.5) is 0 Å². The third-order valence-corrected chi connectivity index (χ3v) is 4.49. The molecule has 0 saturated carbocycles. The van der Waals surface area contributed by atoms with E-state index >= 15 is 0 Å². The predicted molar refractivity (Wildman–Crippen MR) is 100 cm³/mol. The summed E-state index contributed by atoms with van der Waals surface area (Å²) in [5, 5.41) is 0. The molecule has 0 fully saturated rings. The van der Waals surface area contributed by atoms with Crippen molar-refractivity contribution in [3.05, 3.63) is 59.2 Å². The second-order valence-corrected chi connectivity index (χ2v) is 5.73. The Hall–Kier alpha value is -1.52. The lowest BCUT2D eigenvalue weighted by atomic mass is 10.1. The van der Waals surface area contributed by atoms with Gasteiger partial charge in [-0.1, -0.05) is 18.2 Å². The first-order valence-corrected chi connectivity index (χ1v) is 7.96. The lowest BCUT2D eigenvalue weighted by molar-refractivity contribution is 0.340. The number of hydrogen-bond acceptors (Lipinski definition) is 4. The molecule has 2 aromatic carbocycles. The molecule has 0 spiro atoms. The van der Waals surface area contributed by atoms with Crippen molar-refractivity contribution in [3.63, 3.8) is 0 Å². The van der Waals surface area contributed by atoms with Crippen molar-refractivity contribution in [2.45, 2.75) is 13.8 Å². The van der Waals surface area contributed by atoms with Crippen molar-refractivity contribution < 1.29 is 9.47 Å². The highest BCUT2D eigenvalue weighted by atomic mass is 32.1. The fourth-order valence-electron chi connectivity index (χ4n) is 2.13. The summed E-state index contributed by atoms with van der Waals surface area (Å²) in [6, 6.07) is 13.8. The van der Waals surface area contributed by atoms with Gasteiger partial charge in [0.1, 0.15) is 11.5 Å². The SMILES string of the molecule is CCOc1ccc(C)c(C(S)=C(S)c2ccc(OC)cc2)c1. The zero-order valence-corrected chi connectivity index (χ0v) is 14.7. The average molecular weight is 332 g/mol. The van der Waals surface area contributed by atoms with Gasteiger partial charge in [0, 0.05) is 9.81 Å². The molecule has 0 amide bonds. The van der Waals surface area contributed by atoms with Gasteiger partial charge in [0.2, 0.25) is 0 Å². The Labute approximate surface area is 143 Å². The first kappa shape index (κ1) is 16.8. The fraction of sp³-hybridized carbons (Fsp3) is 0.222. The molecule has 0 aliphatic heterocycles. The van der Waals surface area contributed by atoms with E-state index < -0.39 is 0 Å². The normalized spacial score (nSPS) is 11.9. The lowest BCUT2D eigenvalue weighted by Gasteiger charge is -2.12. The Kier molecular flexibility index (Phi) is 5.86. The summed E-state index contributed by atoms with van der Waals surface area (Å²) in [4.78, 5) is 1.65. The van der Waals surface area contributed by atoms with E-state index in [9.17, 15) is 0 Å². The Morgan fingerprint density at radius 1 is 0.955 bits per heavy atom. The largest absolute Gasteiger partial charge is 0.497 e. The van der Waals surface area contributed by atoms with Gasteiger partial charge >= 0.3 is 0 Å². The average Bonchev–Trinajstić information content (AvgIpc) is 2.55. The third-order valence-electron chi connectivity index (χ3n) is 3.36. The van der Waals surface area contributed by atoms with Crippen LogP contribution in [0, 0.1) is 6.92 Å². The highest BCUT2D eigenvalue weighted by Gasteiger charge is 2.09. The van der Waals surface area contributed by atoms with Crippen LogP contribution in [-0.2, 0) is 0 Å². The maximum atomic E-state index is 5.57. The summed E-state index contributed by atoms with van der Waals surface area (Å²) in [6.45, 7) is 4.66. The smallest absolute Gasteiger partial charge is 0.119 e. The van der Waals surface area contributed by atoms with E-state index in [1.807, 2.05) is 49.4 Å². The molecule has 0 radical (unpaired) electrons. The summed E-state index contributed by atoms with van der Waals surface area (Å²) in [5.41, 5.74) is 3.15. The number of aryl methyl sites for hydroxylation is 1. The van der Waals surface area contributed by atoms with E-state index in [4.69, 9.17) is 9.47 Å². The van der Waals surface area contributed by atoms with Crippen LogP contribution in [-0.4, -0.2) is 13.7 Å². The maximum Gasteiger partial charge on any atom is 0.119 e. The molecule has 0 aromatic heterocycles. The molecule has 22 heavy (non-hydrogen) atoms. The second-order valence-electron chi connectivity index (χ2n) is 4.84. The van der Waals surface area contributed by atoms with E-state index in [0.29, 0.717) is 6.61 Å².